The zero-order valence-corrected chi connectivity index (χ0v) is 27.3. The van der Waals surface area contributed by atoms with E-state index in [9.17, 15) is 18.0 Å². The van der Waals surface area contributed by atoms with Crippen LogP contribution in [0.15, 0.2) is 120 Å². The third kappa shape index (κ3) is 7.41. The van der Waals surface area contributed by atoms with Crippen LogP contribution in [0.5, 0.6) is 0 Å². The zero-order valence-electron chi connectivity index (χ0n) is 26.5. The van der Waals surface area contributed by atoms with Crippen molar-refractivity contribution in [3.05, 3.63) is 138 Å². The minimum atomic E-state index is -4.13. The van der Waals surface area contributed by atoms with E-state index >= 15 is 0 Å². The Balaban J connectivity index is 1.06. The maximum Gasteiger partial charge on any atom is 0.407 e. The second-order valence-corrected chi connectivity index (χ2v) is 13.3. The summed E-state index contributed by atoms with van der Waals surface area (Å²) < 4.78 is 41.2. The predicted molar refractivity (Wildman–Crippen MR) is 185 cm³/mol. The first-order chi connectivity index (χ1) is 23.3. The smallest absolute Gasteiger partial charge is 0.407 e. The van der Waals surface area contributed by atoms with Crippen LogP contribution in [-0.4, -0.2) is 52.8 Å². The number of ether oxygens (including phenoxy) is 2. The van der Waals surface area contributed by atoms with Gasteiger partial charge in [-0.15, -0.1) is 0 Å². The molecule has 3 N–H and O–H groups in total. The normalized spacial score (nSPS) is 13.0. The highest BCUT2D eigenvalue weighted by atomic mass is 32.2. The molecule has 0 radical (unpaired) electrons. The predicted octanol–water partition coefficient (Wildman–Crippen LogP) is 5.67. The monoisotopic (exact) mass is 663 g/mol. The average Bonchev–Trinajstić information content (AvgIpc) is 3.42. The van der Waals surface area contributed by atoms with E-state index in [4.69, 9.17) is 9.47 Å². The molecule has 48 heavy (non-hydrogen) atoms. The molecule has 0 spiro atoms. The van der Waals surface area contributed by atoms with Crippen LogP contribution in [0, 0.1) is 6.92 Å². The summed E-state index contributed by atoms with van der Waals surface area (Å²) in [6, 6.07) is 34.9. The van der Waals surface area contributed by atoms with E-state index in [2.05, 4.69) is 27.5 Å². The summed E-state index contributed by atoms with van der Waals surface area (Å²) in [5.41, 5.74) is 6.32. The Hall–Kier alpha value is -5.03. The summed E-state index contributed by atoms with van der Waals surface area (Å²) in [5.74, 6) is -0.657. The van der Waals surface area contributed by atoms with Gasteiger partial charge in [-0.3, -0.25) is 4.79 Å². The molecular weight excluding hydrogens is 627 g/mol. The molecule has 0 heterocycles. The van der Waals surface area contributed by atoms with Crippen LogP contribution in [0.25, 0.3) is 21.9 Å². The molecule has 1 aliphatic carbocycles. The van der Waals surface area contributed by atoms with Gasteiger partial charge in [-0.05, 0) is 51.8 Å². The van der Waals surface area contributed by atoms with E-state index in [1.807, 2.05) is 85.8 Å². The number of alkyl carbamates (subject to hydrolysis) is 1. The first-order valence-corrected chi connectivity index (χ1v) is 17.3. The van der Waals surface area contributed by atoms with Crippen molar-refractivity contribution in [2.75, 3.05) is 26.3 Å². The number of carbonyl (C=O) groups is 2. The lowest BCUT2D eigenvalue weighted by atomic mass is 9.98. The number of benzene rings is 5. The van der Waals surface area contributed by atoms with Gasteiger partial charge in [-0.2, -0.15) is 4.72 Å². The molecule has 0 saturated carbocycles. The van der Waals surface area contributed by atoms with Crippen LogP contribution in [0.2, 0.25) is 0 Å². The summed E-state index contributed by atoms with van der Waals surface area (Å²) in [6.45, 7) is 2.20. The molecule has 10 heteroatoms. The molecule has 5 aromatic carbocycles. The van der Waals surface area contributed by atoms with E-state index in [-0.39, 0.29) is 43.7 Å². The first-order valence-electron chi connectivity index (χ1n) is 15.8. The van der Waals surface area contributed by atoms with Crippen molar-refractivity contribution in [3.63, 3.8) is 0 Å². The van der Waals surface area contributed by atoms with Gasteiger partial charge in [0.2, 0.25) is 15.9 Å². The Kier molecular flexibility index (Phi) is 10.1. The van der Waals surface area contributed by atoms with Gasteiger partial charge in [0.1, 0.15) is 12.6 Å². The fourth-order valence-corrected chi connectivity index (χ4v) is 7.45. The summed E-state index contributed by atoms with van der Waals surface area (Å²) >= 11 is 0. The van der Waals surface area contributed by atoms with Crippen molar-refractivity contribution in [2.24, 2.45) is 0 Å². The Labute approximate surface area is 280 Å². The lowest BCUT2D eigenvalue weighted by Crippen LogP contribution is -2.50. The quantitative estimate of drug-likeness (QED) is 0.140. The molecular formula is C38H37N3O6S. The van der Waals surface area contributed by atoms with E-state index in [0.29, 0.717) is 5.39 Å². The molecule has 0 aliphatic heterocycles. The van der Waals surface area contributed by atoms with Crippen molar-refractivity contribution < 1.29 is 27.5 Å². The molecule has 6 rings (SSSR count). The van der Waals surface area contributed by atoms with Crippen LogP contribution in [0.1, 0.15) is 28.2 Å². The van der Waals surface area contributed by atoms with Crippen LogP contribution in [-0.2, 0) is 30.9 Å². The SMILES string of the molecule is Cc1ccc(S(=O)(=O)N[C@H](COCc2ccccc2)C(=O)NCCNC(=O)OCC2c3ccccc3-c3ccccc32)c2ccccc12. The number of sulfonamides is 1. The Morgan fingerprint density at radius 1 is 0.729 bits per heavy atom. The van der Waals surface area contributed by atoms with E-state index < -0.39 is 28.1 Å². The summed E-state index contributed by atoms with van der Waals surface area (Å²) in [5, 5.41) is 6.75. The van der Waals surface area contributed by atoms with Crippen LogP contribution < -0.4 is 15.4 Å². The first kappa shape index (κ1) is 32.9. The largest absolute Gasteiger partial charge is 0.449 e. The summed E-state index contributed by atoms with van der Waals surface area (Å²) in [4.78, 5) is 26.0. The summed E-state index contributed by atoms with van der Waals surface area (Å²) in [6.07, 6.45) is -0.610. The topological polar surface area (TPSA) is 123 Å². The number of hydrogen-bond donors (Lipinski definition) is 3. The third-order valence-corrected chi connectivity index (χ3v) is 9.97. The molecule has 246 valence electrons. The minimum Gasteiger partial charge on any atom is -0.449 e. The van der Waals surface area contributed by atoms with E-state index in [1.54, 1.807) is 18.2 Å². The van der Waals surface area contributed by atoms with Crippen molar-refractivity contribution in [1.29, 1.82) is 0 Å². The summed E-state index contributed by atoms with van der Waals surface area (Å²) in [7, 11) is -4.13. The zero-order chi connectivity index (χ0) is 33.5. The number of hydrogen-bond acceptors (Lipinski definition) is 6. The molecule has 0 bridgehead atoms. The third-order valence-electron chi connectivity index (χ3n) is 8.44. The molecule has 5 aromatic rings. The lowest BCUT2D eigenvalue weighted by Gasteiger charge is -2.20. The highest BCUT2D eigenvalue weighted by Crippen LogP contribution is 2.44. The van der Waals surface area contributed by atoms with Gasteiger partial charge in [0.05, 0.1) is 18.1 Å². The molecule has 1 aliphatic rings. The maximum absolute atomic E-state index is 13.6. The molecule has 0 saturated heterocycles. The van der Waals surface area contributed by atoms with Crippen LogP contribution in [0.3, 0.4) is 0 Å². The van der Waals surface area contributed by atoms with Gasteiger partial charge < -0.3 is 20.1 Å². The fraction of sp³-hybridized carbons (Fsp3) is 0.211. The molecule has 0 aromatic heterocycles. The number of rotatable bonds is 13. The van der Waals surface area contributed by atoms with Crippen molar-refractivity contribution in [3.8, 4) is 11.1 Å². The number of carbonyl (C=O) groups excluding carboxylic acids is 2. The maximum atomic E-state index is 13.6. The van der Waals surface area contributed by atoms with Gasteiger partial charge in [-0.1, -0.05) is 109 Å². The minimum absolute atomic E-state index is 0.0490. The molecule has 1 atom stereocenters. The molecule has 0 fully saturated rings. The van der Waals surface area contributed by atoms with Gasteiger partial charge >= 0.3 is 6.09 Å². The average molecular weight is 664 g/mol. The van der Waals surface area contributed by atoms with Gasteiger partial charge in [0, 0.05) is 24.4 Å². The number of aryl methyl sites for hydroxylation is 1. The Morgan fingerprint density at radius 3 is 2.04 bits per heavy atom. The van der Waals surface area contributed by atoms with Crippen molar-refractivity contribution in [1.82, 2.24) is 15.4 Å². The second-order valence-electron chi connectivity index (χ2n) is 11.6. The van der Waals surface area contributed by atoms with Crippen molar-refractivity contribution in [2.45, 2.75) is 30.4 Å². The number of nitrogens with one attached hydrogen (secondary N) is 3. The van der Waals surface area contributed by atoms with Crippen LogP contribution in [0.4, 0.5) is 4.79 Å². The van der Waals surface area contributed by atoms with Crippen LogP contribution >= 0.6 is 0 Å². The Morgan fingerprint density at radius 2 is 1.33 bits per heavy atom. The molecule has 9 nitrogen and oxygen atoms in total. The van der Waals surface area contributed by atoms with Gasteiger partial charge in [0.15, 0.2) is 0 Å². The van der Waals surface area contributed by atoms with Gasteiger partial charge in [-0.25, -0.2) is 13.2 Å². The van der Waals surface area contributed by atoms with Crippen molar-refractivity contribution >= 4 is 32.8 Å². The highest BCUT2D eigenvalue weighted by molar-refractivity contribution is 7.89. The standard InChI is InChI=1S/C38H37N3O6S/c1-26-19-20-36(33-18-10-5-13-28(26)33)48(44,45)41-35(25-46-23-27-11-3-2-4-12-27)37(42)39-21-22-40-38(43)47-24-34-31-16-8-6-14-29(31)30-15-7-9-17-32(30)34/h2-20,34-35,41H,21-25H2,1H3,(H,39,42)(H,40,43)/t35-/m1/s1. The van der Waals surface area contributed by atoms with Gasteiger partial charge in [0.25, 0.3) is 0 Å². The Bertz CT molecular complexity index is 1990. The molecule has 0 unspecified atom stereocenters. The number of fused-ring (bicyclic) bond motifs is 4. The highest BCUT2D eigenvalue weighted by Gasteiger charge is 2.30. The molecule has 2 amide bonds. The lowest BCUT2D eigenvalue weighted by molar-refractivity contribution is -0.124. The van der Waals surface area contributed by atoms with E-state index in [0.717, 1.165) is 38.8 Å². The second kappa shape index (κ2) is 14.8. The van der Waals surface area contributed by atoms with E-state index in [1.165, 1.54) is 6.07 Å². The number of amides is 2. The fourth-order valence-electron chi connectivity index (χ4n) is 6.06.